The van der Waals surface area contributed by atoms with Crippen LogP contribution in [0.4, 0.5) is 0 Å². The van der Waals surface area contributed by atoms with Gasteiger partial charge in [0, 0.05) is 48.9 Å². The minimum absolute atomic E-state index is 0. The Morgan fingerprint density at radius 1 is 1.23 bits per heavy atom. The van der Waals surface area contributed by atoms with E-state index < -0.39 is 0 Å². The van der Waals surface area contributed by atoms with Crippen LogP contribution in [0.3, 0.4) is 0 Å². The fourth-order valence-corrected chi connectivity index (χ4v) is 6.09. The Labute approximate surface area is 209 Å². The molecule has 1 aliphatic heterocycles. The number of carbonyl (C=O) groups is 1. The summed E-state index contributed by atoms with van der Waals surface area (Å²) < 4.78 is 0. The van der Waals surface area contributed by atoms with Gasteiger partial charge in [-0.15, -0.1) is 35.3 Å². The molecule has 5 nitrogen and oxygen atoms in total. The van der Waals surface area contributed by atoms with Crippen LogP contribution in [-0.4, -0.2) is 49.5 Å². The van der Waals surface area contributed by atoms with E-state index in [1.54, 1.807) is 0 Å². The third-order valence-corrected chi connectivity index (χ3v) is 8.27. The van der Waals surface area contributed by atoms with Gasteiger partial charge in [-0.25, -0.2) is 0 Å². The van der Waals surface area contributed by atoms with Gasteiger partial charge in [-0.1, -0.05) is 39.2 Å². The second-order valence-electron chi connectivity index (χ2n) is 9.00. The number of carbonyl (C=O) groups excluding carboxylic acids is 1. The lowest BCUT2D eigenvalue weighted by atomic mass is 9.73. The summed E-state index contributed by atoms with van der Waals surface area (Å²) in [4.78, 5) is 20.7. The first-order valence-electron chi connectivity index (χ1n) is 11.9. The lowest BCUT2D eigenvalue weighted by Crippen LogP contribution is -2.52. The van der Waals surface area contributed by atoms with Crippen LogP contribution in [0.25, 0.3) is 0 Å². The number of hydrogen-bond donors (Lipinski definition) is 2. The number of aliphatic imine (C=N–C) groups is 1. The number of guanidine groups is 1. The topological polar surface area (TPSA) is 56.7 Å². The van der Waals surface area contributed by atoms with Crippen molar-refractivity contribution < 1.29 is 4.79 Å². The zero-order chi connectivity index (χ0) is 21.4. The maximum Gasteiger partial charge on any atom is 0.225 e. The van der Waals surface area contributed by atoms with Crippen molar-refractivity contribution in [2.75, 3.05) is 26.7 Å². The monoisotopic (exact) mass is 560 g/mol. The third-order valence-electron chi connectivity index (χ3n) is 7.15. The Kier molecular flexibility index (Phi) is 11.1. The zero-order valence-electron chi connectivity index (χ0n) is 19.5. The summed E-state index contributed by atoms with van der Waals surface area (Å²) in [5.74, 6) is 1.44. The van der Waals surface area contributed by atoms with Crippen molar-refractivity contribution >= 4 is 47.2 Å². The van der Waals surface area contributed by atoms with Crippen LogP contribution < -0.4 is 10.6 Å². The van der Waals surface area contributed by atoms with Crippen molar-refractivity contribution in [1.82, 2.24) is 15.5 Å². The van der Waals surface area contributed by atoms with Crippen LogP contribution in [0.1, 0.15) is 76.5 Å². The first-order valence-corrected chi connectivity index (χ1v) is 12.8. The smallest absolute Gasteiger partial charge is 0.225 e. The van der Waals surface area contributed by atoms with Crippen molar-refractivity contribution in [1.29, 1.82) is 0 Å². The minimum Gasteiger partial charge on any atom is -0.355 e. The Balaban J connectivity index is 0.00000341. The molecule has 2 N–H and O–H groups in total. The number of hydrogen-bond acceptors (Lipinski definition) is 3. The highest BCUT2D eigenvalue weighted by atomic mass is 127. The summed E-state index contributed by atoms with van der Waals surface area (Å²) in [6.45, 7) is 6.88. The molecule has 0 unspecified atom stereocenters. The normalized spacial score (nSPS) is 19.7. The molecule has 1 aromatic heterocycles. The van der Waals surface area contributed by atoms with Gasteiger partial charge in [0.1, 0.15) is 0 Å². The average Bonchev–Trinajstić information content (AvgIpc) is 3.34. The Hall–Kier alpha value is -0.830. The number of nitrogens with zero attached hydrogens (tertiary/aromatic N) is 2. The van der Waals surface area contributed by atoms with Gasteiger partial charge < -0.3 is 15.5 Å². The molecular formula is C24H41IN4OS. The molecule has 1 aliphatic carbocycles. The Morgan fingerprint density at radius 2 is 1.90 bits per heavy atom. The molecule has 0 spiro atoms. The number of likely N-dealkylation sites (tertiary alicyclic amines) is 1. The number of nitrogens with one attached hydrogen (secondary N) is 2. The van der Waals surface area contributed by atoms with Gasteiger partial charge in [0.2, 0.25) is 5.91 Å². The maximum absolute atomic E-state index is 12.6. The number of piperidine rings is 1. The molecule has 2 fully saturated rings. The molecule has 1 saturated carbocycles. The number of halogens is 1. The van der Waals surface area contributed by atoms with E-state index in [1.807, 2.05) is 18.4 Å². The lowest BCUT2D eigenvalue weighted by molar-refractivity contribution is -0.136. The van der Waals surface area contributed by atoms with Crippen LogP contribution in [0, 0.1) is 5.92 Å². The third kappa shape index (κ3) is 6.83. The molecule has 31 heavy (non-hydrogen) atoms. The highest BCUT2D eigenvalue weighted by Crippen LogP contribution is 2.41. The number of amides is 1. The fraction of sp³-hybridized carbons (Fsp3) is 0.750. The van der Waals surface area contributed by atoms with Crippen LogP contribution in [-0.2, 0) is 10.2 Å². The van der Waals surface area contributed by atoms with Gasteiger partial charge in [-0.2, -0.15) is 0 Å². The van der Waals surface area contributed by atoms with Gasteiger partial charge >= 0.3 is 0 Å². The average molecular weight is 561 g/mol. The Bertz CT molecular complexity index is 676. The summed E-state index contributed by atoms with van der Waals surface area (Å²) in [5, 5.41) is 9.48. The second-order valence-corrected chi connectivity index (χ2v) is 9.95. The molecule has 1 aromatic rings. The molecule has 0 atom stereocenters. The zero-order valence-corrected chi connectivity index (χ0v) is 22.6. The molecule has 2 heterocycles. The van der Waals surface area contributed by atoms with Gasteiger partial charge in [-0.05, 0) is 50.0 Å². The van der Waals surface area contributed by atoms with Crippen molar-refractivity contribution in [3.05, 3.63) is 22.4 Å². The standard InChI is InChI=1S/C24H40N4OS.HI/c1-4-19(5-2)22(29)28-15-11-20(12-16-28)27-23(25-3)26-18-24(13-7-6-8-14-24)21-10-9-17-30-21;/h9-10,17,19-20H,4-8,11-16,18H2,1-3H3,(H2,25,26,27);1H. The lowest BCUT2D eigenvalue weighted by Gasteiger charge is -2.38. The second kappa shape index (κ2) is 13.0. The van der Waals surface area contributed by atoms with E-state index in [9.17, 15) is 4.79 Å². The summed E-state index contributed by atoms with van der Waals surface area (Å²) >= 11 is 1.89. The van der Waals surface area contributed by atoms with Crippen LogP contribution >= 0.6 is 35.3 Å². The van der Waals surface area contributed by atoms with Gasteiger partial charge in [0.15, 0.2) is 5.96 Å². The number of thiophene rings is 1. The minimum atomic E-state index is 0. The fourth-order valence-electron chi connectivity index (χ4n) is 5.10. The van der Waals surface area contributed by atoms with E-state index >= 15 is 0 Å². The van der Waals surface area contributed by atoms with E-state index in [4.69, 9.17) is 0 Å². The van der Waals surface area contributed by atoms with Crippen molar-refractivity contribution in [2.45, 2.75) is 83.1 Å². The SMILES string of the molecule is CCC(CC)C(=O)N1CCC(NC(=NC)NCC2(c3cccs3)CCCCC2)CC1.I. The summed E-state index contributed by atoms with van der Waals surface area (Å²) in [5.41, 5.74) is 0.245. The van der Waals surface area contributed by atoms with E-state index in [2.05, 4.69) is 51.9 Å². The van der Waals surface area contributed by atoms with Crippen molar-refractivity contribution in [2.24, 2.45) is 10.9 Å². The molecule has 0 aromatic carbocycles. The molecule has 1 saturated heterocycles. The maximum atomic E-state index is 12.6. The van der Waals surface area contributed by atoms with E-state index in [0.29, 0.717) is 11.9 Å². The Morgan fingerprint density at radius 3 is 2.45 bits per heavy atom. The molecule has 2 aliphatic rings. The predicted molar refractivity (Wildman–Crippen MR) is 143 cm³/mol. The van der Waals surface area contributed by atoms with Gasteiger partial charge in [0.25, 0.3) is 0 Å². The molecule has 7 heteroatoms. The summed E-state index contributed by atoms with van der Waals surface area (Å²) in [6, 6.07) is 4.87. The predicted octanol–water partition coefficient (Wildman–Crippen LogP) is 5.16. The van der Waals surface area contributed by atoms with Crippen LogP contribution in [0.15, 0.2) is 22.5 Å². The molecule has 0 radical (unpaired) electrons. The van der Waals surface area contributed by atoms with Crippen molar-refractivity contribution in [3.63, 3.8) is 0 Å². The first-order chi connectivity index (χ1) is 14.6. The van der Waals surface area contributed by atoms with E-state index in [1.165, 1.54) is 37.0 Å². The molecule has 3 rings (SSSR count). The van der Waals surface area contributed by atoms with E-state index in [-0.39, 0.29) is 35.3 Å². The van der Waals surface area contributed by atoms with Gasteiger partial charge in [-0.3, -0.25) is 9.79 Å². The van der Waals surface area contributed by atoms with Gasteiger partial charge in [0.05, 0.1) is 0 Å². The summed E-state index contributed by atoms with van der Waals surface area (Å²) in [6.07, 6.45) is 10.4. The quantitative estimate of drug-likeness (QED) is 0.275. The van der Waals surface area contributed by atoms with Crippen LogP contribution in [0.5, 0.6) is 0 Å². The molecular weight excluding hydrogens is 519 g/mol. The highest BCUT2D eigenvalue weighted by Gasteiger charge is 2.35. The summed E-state index contributed by atoms with van der Waals surface area (Å²) in [7, 11) is 1.86. The van der Waals surface area contributed by atoms with E-state index in [0.717, 1.165) is 51.3 Å². The largest absolute Gasteiger partial charge is 0.355 e. The molecule has 0 bridgehead atoms. The number of rotatable bonds is 7. The molecule has 1 amide bonds. The first kappa shape index (κ1) is 26.4. The molecule has 176 valence electrons. The highest BCUT2D eigenvalue weighted by molar-refractivity contribution is 14.0. The van der Waals surface area contributed by atoms with Crippen LogP contribution in [0.2, 0.25) is 0 Å². The van der Waals surface area contributed by atoms with Crippen molar-refractivity contribution in [3.8, 4) is 0 Å².